The van der Waals surface area contributed by atoms with Crippen molar-refractivity contribution in [2.24, 2.45) is 0 Å². The van der Waals surface area contributed by atoms with Crippen LogP contribution < -0.4 is 5.73 Å². The average Bonchev–Trinajstić information content (AvgIpc) is 2.65. The van der Waals surface area contributed by atoms with Gasteiger partial charge in [0, 0.05) is 20.8 Å². The number of nitrogens with zero attached hydrogens (tertiary/aromatic N) is 1. The second-order valence-electron chi connectivity index (χ2n) is 4.54. The average molecular weight is 364 g/mol. The van der Waals surface area contributed by atoms with Gasteiger partial charge in [-0.25, -0.2) is 9.37 Å². The van der Waals surface area contributed by atoms with Gasteiger partial charge >= 0.3 is 0 Å². The summed E-state index contributed by atoms with van der Waals surface area (Å²) in [6.07, 6.45) is 0.599. The zero-order valence-corrected chi connectivity index (χ0v) is 13.7. The highest BCUT2D eigenvalue weighted by Gasteiger charge is 2.16. The van der Waals surface area contributed by atoms with Gasteiger partial charge in [-0.1, -0.05) is 41.4 Å². The number of thiazole rings is 1. The Hall–Kier alpha value is -0.650. The number of benzene rings is 1. The van der Waals surface area contributed by atoms with Crippen LogP contribution in [0.15, 0.2) is 16.6 Å². The van der Waals surface area contributed by atoms with Crippen molar-refractivity contribution in [2.75, 3.05) is 5.73 Å². The molecule has 2 rings (SSSR count). The molecule has 1 aromatic carbocycles. The largest absolute Gasteiger partial charge is 0.375 e. The predicted octanol–water partition coefficient (Wildman–Crippen LogP) is 4.99. The first-order valence-corrected chi connectivity index (χ1v) is 7.75. The number of nitrogen functional groups attached to an aromatic ring is 1. The number of halogens is 3. The minimum absolute atomic E-state index is 0.293. The van der Waals surface area contributed by atoms with Gasteiger partial charge in [-0.15, -0.1) is 11.3 Å². The Bertz CT molecular complexity index is 590. The lowest BCUT2D eigenvalue weighted by Gasteiger charge is -2.09. The van der Waals surface area contributed by atoms with Crippen LogP contribution in [0.25, 0.3) is 0 Å². The molecule has 0 radical (unpaired) electrons. The van der Waals surface area contributed by atoms with Gasteiger partial charge in [-0.2, -0.15) is 0 Å². The first-order chi connectivity index (χ1) is 8.88. The molecule has 6 heteroatoms. The fourth-order valence-electron chi connectivity index (χ4n) is 1.86. The summed E-state index contributed by atoms with van der Waals surface area (Å²) in [7, 11) is 0. The SMILES string of the molecule is CC(C)c1nc(N)sc1Cc1c(Cl)cc(F)cc1Br. The summed E-state index contributed by atoms with van der Waals surface area (Å²) in [5.41, 5.74) is 7.61. The molecule has 0 aliphatic carbocycles. The summed E-state index contributed by atoms with van der Waals surface area (Å²) in [4.78, 5) is 5.42. The highest BCUT2D eigenvalue weighted by molar-refractivity contribution is 9.10. The van der Waals surface area contributed by atoms with Gasteiger partial charge in [0.1, 0.15) is 5.82 Å². The fraction of sp³-hybridized carbons (Fsp3) is 0.308. The lowest BCUT2D eigenvalue weighted by Crippen LogP contribution is -1.97. The van der Waals surface area contributed by atoms with E-state index < -0.39 is 0 Å². The van der Waals surface area contributed by atoms with Crippen LogP contribution in [0.2, 0.25) is 5.02 Å². The van der Waals surface area contributed by atoms with Gasteiger partial charge in [-0.3, -0.25) is 0 Å². The van der Waals surface area contributed by atoms with Crippen LogP contribution in [0.1, 0.15) is 35.9 Å². The molecular weight excluding hydrogens is 351 g/mol. The lowest BCUT2D eigenvalue weighted by molar-refractivity contribution is 0.626. The molecular formula is C13H13BrClFN2S. The Labute approximate surface area is 128 Å². The second-order valence-corrected chi connectivity index (χ2v) is 6.92. The molecule has 0 saturated carbocycles. The number of nitrogens with two attached hydrogens (primary N) is 1. The summed E-state index contributed by atoms with van der Waals surface area (Å²) in [5, 5.41) is 0.960. The van der Waals surface area contributed by atoms with Crippen molar-refractivity contribution >= 4 is 44.0 Å². The number of hydrogen-bond donors (Lipinski definition) is 1. The van der Waals surface area contributed by atoms with Crippen molar-refractivity contribution in [3.8, 4) is 0 Å². The zero-order chi connectivity index (χ0) is 14.2. The van der Waals surface area contributed by atoms with E-state index in [1.807, 2.05) is 0 Å². The van der Waals surface area contributed by atoms with Crippen LogP contribution in [-0.2, 0) is 6.42 Å². The second kappa shape index (κ2) is 5.77. The van der Waals surface area contributed by atoms with Crippen molar-refractivity contribution in [3.63, 3.8) is 0 Å². The maximum Gasteiger partial charge on any atom is 0.180 e. The van der Waals surface area contributed by atoms with Crippen LogP contribution >= 0.6 is 38.9 Å². The lowest BCUT2D eigenvalue weighted by atomic mass is 10.0. The zero-order valence-electron chi connectivity index (χ0n) is 10.5. The first kappa shape index (κ1) is 14.8. The molecule has 0 fully saturated rings. The van der Waals surface area contributed by atoms with Gasteiger partial charge in [0.05, 0.1) is 5.69 Å². The van der Waals surface area contributed by atoms with Crippen LogP contribution in [0.3, 0.4) is 0 Å². The van der Waals surface area contributed by atoms with Gasteiger partial charge < -0.3 is 5.73 Å². The molecule has 0 saturated heterocycles. The van der Waals surface area contributed by atoms with E-state index in [0.717, 1.165) is 16.1 Å². The molecule has 0 aliphatic heterocycles. The summed E-state index contributed by atoms with van der Waals surface area (Å²) in [6, 6.07) is 2.74. The topological polar surface area (TPSA) is 38.9 Å². The fourth-order valence-corrected chi connectivity index (χ4v) is 3.82. The highest BCUT2D eigenvalue weighted by Crippen LogP contribution is 2.34. The first-order valence-electron chi connectivity index (χ1n) is 5.77. The molecule has 1 aromatic heterocycles. The molecule has 102 valence electrons. The standard InChI is InChI=1S/C13H13BrClFN2S/c1-6(2)12-11(19-13(17)18-12)5-8-9(14)3-7(16)4-10(8)15/h3-4,6H,5H2,1-2H3,(H2,17,18). The van der Waals surface area contributed by atoms with Gasteiger partial charge in [0.2, 0.25) is 0 Å². The minimum atomic E-state index is -0.353. The Morgan fingerprint density at radius 1 is 1.47 bits per heavy atom. The van der Waals surface area contributed by atoms with E-state index in [1.165, 1.54) is 23.5 Å². The quantitative estimate of drug-likeness (QED) is 0.834. The molecule has 2 aromatic rings. The Kier molecular flexibility index (Phi) is 4.48. The minimum Gasteiger partial charge on any atom is -0.375 e. The Balaban J connectivity index is 2.42. The van der Waals surface area contributed by atoms with E-state index in [0.29, 0.717) is 27.0 Å². The van der Waals surface area contributed by atoms with Crippen LogP contribution in [0.5, 0.6) is 0 Å². The van der Waals surface area contributed by atoms with Crippen LogP contribution in [0, 0.1) is 5.82 Å². The third-order valence-electron chi connectivity index (χ3n) is 2.73. The van der Waals surface area contributed by atoms with E-state index in [1.54, 1.807) is 0 Å². The molecule has 19 heavy (non-hydrogen) atoms. The normalized spacial score (nSPS) is 11.3. The molecule has 0 atom stereocenters. The van der Waals surface area contributed by atoms with Gasteiger partial charge in [0.15, 0.2) is 5.13 Å². The maximum absolute atomic E-state index is 13.2. The molecule has 0 spiro atoms. The highest BCUT2D eigenvalue weighted by atomic mass is 79.9. The van der Waals surface area contributed by atoms with Crippen molar-refractivity contribution in [1.29, 1.82) is 0 Å². The summed E-state index contributed by atoms with van der Waals surface area (Å²) in [5.74, 6) is -0.0601. The van der Waals surface area contributed by atoms with Crippen molar-refractivity contribution < 1.29 is 4.39 Å². The number of anilines is 1. The van der Waals surface area contributed by atoms with Crippen molar-refractivity contribution in [3.05, 3.63) is 43.6 Å². The van der Waals surface area contributed by atoms with E-state index in [2.05, 4.69) is 34.8 Å². The molecule has 0 bridgehead atoms. The molecule has 0 aliphatic rings. The van der Waals surface area contributed by atoms with E-state index in [4.69, 9.17) is 17.3 Å². The van der Waals surface area contributed by atoms with Crippen LogP contribution in [0.4, 0.5) is 9.52 Å². The number of rotatable bonds is 3. The van der Waals surface area contributed by atoms with E-state index >= 15 is 0 Å². The smallest absolute Gasteiger partial charge is 0.180 e. The Morgan fingerprint density at radius 3 is 2.74 bits per heavy atom. The summed E-state index contributed by atoms with van der Waals surface area (Å²) >= 11 is 10.9. The molecule has 2 N–H and O–H groups in total. The Morgan fingerprint density at radius 2 is 2.16 bits per heavy atom. The van der Waals surface area contributed by atoms with Gasteiger partial charge in [-0.05, 0) is 23.6 Å². The summed E-state index contributed by atoms with van der Waals surface area (Å²) < 4.78 is 13.9. The van der Waals surface area contributed by atoms with Gasteiger partial charge in [0.25, 0.3) is 0 Å². The molecule has 1 heterocycles. The number of aromatic nitrogens is 1. The van der Waals surface area contributed by atoms with Crippen LogP contribution in [-0.4, -0.2) is 4.98 Å². The number of hydrogen-bond acceptors (Lipinski definition) is 3. The molecule has 0 unspecified atom stereocenters. The molecule has 0 amide bonds. The monoisotopic (exact) mass is 362 g/mol. The van der Waals surface area contributed by atoms with Crippen molar-refractivity contribution in [1.82, 2.24) is 4.98 Å². The predicted molar refractivity (Wildman–Crippen MR) is 82.5 cm³/mol. The third-order valence-corrected chi connectivity index (χ3v) is 4.68. The molecule has 2 nitrogen and oxygen atoms in total. The third kappa shape index (κ3) is 3.27. The maximum atomic E-state index is 13.2. The summed E-state index contributed by atoms with van der Waals surface area (Å²) in [6.45, 7) is 4.14. The van der Waals surface area contributed by atoms with Crippen molar-refractivity contribution in [2.45, 2.75) is 26.2 Å². The van der Waals surface area contributed by atoms with E-state index in [-0.39, 0.29) is 5.82 Å². The van der Waals surface area contributed by atoms with E-state index in [9.17, 15) is 4.39 Å².